The quantitative estimate of drug-likeness (QED) is 0.649. The predicted molar refractivity (Wildman–Crippen MR) is 106 cm³/mol. The number of hydrogen-bond donors (Lipinski definition) is 2. The average molecular weight is 379 g/mol. The van der Waals surface area contributed by atoms with Crippen molar-refractivity contribution in [2.45, 2.75) is 6.92 Å². The number of aliphatic imine (C=N–C) groups is 1. The molecule has 0 saturated carbocycles. The van der Waals surface area contributed by atoms with Gasteiger partial charge in [0.2, 0.25) is 5.88 Å². The molecule has 0 atom stereocenters. The van der Waals surface area contributed by atoms with Crippen LogP contribution in [0, 0.1) is 10.6 Å². The monoisotopic (exact) mass is 379 g/mol. The van der Waals surface area contributed by atoms with Gasteiger partial charge >= 0.3 is 0 Å². The van der Waals surface area contributed by atoms with Gasteiger partial charge in [0.1, 0.15) is 11.4 Å². The molecule has 1 aliphatic rings. The summed E-state index contributed by atoms with van der Waals surface area (Å²) in [6.45, 7) is 1.84. The third-order valence-corrected chi connectivity index (χ3v) is 4.65. The van der Waals surface area contributed by atoms with Crippen molar-refractivity contribution in [2.75, 3.05) is 0 Å². The molecule has 2 heterocycles. The molecule has 0 aliphatic carbocycles. The van der Waals surface area contributed by atoms with E-state index in [1.165, 1.54) is 28.8 Å². The van der Waals surface area contributed by atoms with Crippen molar-refractivity contribution >= 4 is 35.3 Å². The maximum atomic E-state index is 13.2. The van der Waals surface area contributed by atoms with E-state index in [1.54, 1.807) is 6.08 Å². The fraction of sp³-hybridized carbons (Fsp3) is 0.0500. The largest absolute Gasteiger partial charge is 0.494 e. The minimum absolute atomic E-state index is 0.0171. The molecule has 4 rings (SSSR count). The minimum atomic E-state index is -0.513. The van der Waals surface area contributed by atoms with Gasteiger partial charge in [-0.1, -0.05) is 18.2 Å². The molecule has 3 aromatic rings. The van der Waals surface area contributed by atoms with E-state index in [-0.39, 0.29) is 16.2 Å². The first-order valence-electron chi connectivity index (χ1n) is 8.16. The number of hydrogen-bond acceptors (Lipinski definition) is 4. The van der Waals surface area contributed by atoms with Crippen LogP contribution in [0.25, 0.3) is 17.3 Å². The molecule has 0 unspecified atom stereocenters. The summed E-state index contributed by atoms with van der Waals surface area (Å²) in [7, 11) is 0. The number of halogens is 1. The Morgan fingerprint density at radius 1 is 1.19 bits per heavy atom. The van der Waals surface area contributed by atoms with Crippen LogP contribution in [0.2, 0.25) is 0 Å². The summed E-state index contributed by atoms with van der Waals surface area (Å²) in [5.41, 5.74) is 3.15. The first-order chi connectivity index (χ1) is 13.0. The molecular weight excluding hydrogens is 365 g/mol. The third-order valence-electron chi connectivity index (χ3n) is 4.37. The summed E-state index contributed by atoms with van der Waals surface area (Å²) in [5, 5.41) is 10.8. The molecule has 0 fully saturated rings. The smallest absolute Gasteiger partial charge is 0.262 e. The second-order valence-corrected chi connectivity index (χ2v) is 6.47. The van der Waals surface area contributed by atoms with Crippen LogP contribution < -0.4 is 5.56 Å². The Bertz CT molecular complexity index is 1240. The van der Waals surface area contributed by atoms with Gasteiger partial charge in [0, 0.05) is 16.8 Å². The second-order valence-electron chi connectivity index (χ2n) is 6.08. The molecule has 1 aliphatic heterocycles. The lowest BCUT2D eigenvalue weighted by Gasteiger charge is -2.12. The van der Waals surface area contributed by atoms with Crippen LogP contribution in [0.1, 0.15) is 18.1 Å². The number of allylic oxidation sites excluding steroid dienone is 1. The molecule has 0 bridgehead atoms. The average Bonchev–Trinajstić information content (AvgIpc) is 2.95. The van der Waals surface area contributed by atoms with Crippen LogP contribution in [0.5, 0.6) is 5.88 Å². The molecule has 1 aromatic heterocycles. The Hall–Kier alpha value is -3.32. The van der Waals surface area contributed by atoms with Crippen molar-refractivity contribution < 1.29 is 9.50 Å². The zero-order chi connectivity index (χ0) is 19.1. The Labute approximate surface area is 158 Å². The van der Waals surface area contributed by atoms with Gasteiger partial charge in [-0.25, -0.2) is 4.39 Å². The molecule has 0 spiro atoms. The summed E-state index contributed by atoms with van der Waals surface area (Å²) in [6, 6.07) is 13.0. The van der Waals surface area contributed by atoms with Crippen LogP contribution in [-0.4, -0.2) is 20.4 Å². The summed E-state index contributed by atoms with van der Waals surface area (Å²) >= 11 is 5.18. The predicted octanol–water partition coefficient (Wildman–Crippen LogP) is 4.39. The van der Waals surface area contributed by atoms with Crippen molar-refractivity contribution in [3.8, 4) is 11.6 Å². The van der Waals surface area contributed by atoms with Crippen molar-refractivity contribution in [3.63, 3.8) is 0 Å². The Kier molecular flexibility index (Phi) is 4.08. The normalized spacial score (nSPS) is 14.3. The maximum absolute atomic E-state index is 13.2. The standard InChI is InChI=1S/C20H14FN3O2S/c1-11-15(14-4-2-3-5-17(14)22-11)10-16-18(25)23-20(27)24(19(16)26)13-8-6-12(21)7-9-13/h2-10,26H,1H3,(H,23,25,27)/b15-10-. The highest BCUT2D eigenvalue weighted by Gasteiger charge is 2.20. The van der Waals surface area contributed by atoms with Crippen LogP contribution in [0.3, 0.4) is 0 Å². The number of nitrogens with one attached hydrogen (secondary N) is 1. The van der Waals surface area contributed by atoms with Gasteiger partial charge in [0.05, 0.1) is 11.4 Å². The molecule has 2 aromatic carbocycles. The van der Waals surface area contributed by atoms with Crippen molar-refractivity contribution in [3.05, 3.63) is 80.6 Å². The summed E-state index contributed by atoms with van der Waals surface area (Å²) < 4.78 is 14.5. The fourth-order valence-electron chi connectivity index (χ4n) is 3.06. The number of fused-ring (bicyclic) bond motifs is 1. The van der Waals surface area contributed by atoms with Crippen LogP contribution in [0.15, 0.2) is 58.3 Å². The van der Waals surface area contributed by atoms with Gasteiger partial charge in [0.15, 0.2) is 4.77 Å². The van der Waals surface area contributed by atoms with Gasteiger partial charge in [-0.15, -0.1) is 0 Å². The number of para-hydroxylation sites is 1. The molecule has 7 heteroatoms. The van der Waals surface area contributed by atoms with Crippen molar-refractivity contribution in [2.24, 2.45) is 4.99 Å². The number of aromatic nitrogens is 2. The lowest BCUT2D eigenvalue weighted by atomic mass is 10.0. The molecule has 2 N–H and O–H groups in total. The first-order valence-corrected chi connectivity index (χ1v) is 8.57. The molecule has 0 radical (unpaired) electrons. The zero-order valence-corrected chi connectivity index (χ0v) is 15.0. The number of benzene rings is 2. The van der Waals surface area contributed by atoms with E-state index < -0.39 is 11.4 Å². The van der Waals surface area contributed by atoms with E-state index in [9.17, 15) is 14.3 Å². The minimum Gasteiger partial charge on any atom is -0.494 e. The van der Waals surface area contributed by atoms with Gasteiger partial charge in [-0.3, -0.25) is 19.3 Å². The number of nitrogens with zero attached hydrogens (tertiary/aromatic N) is 2. The number of H-pyrrole nitrogens is 1. The first kappa shape index (κ1) is 17.1. The number of aromatic amines is 1. The Morgan fingerprint density at radius 3 is 2.63 bits per heavy atom. The van der Waals surface area contributed by atoms with E-state index >= 15 is 0 Å². The van der Waals surface area contributed by atoms with Crippen LogP contribution >= 0.6 is 12.2 Å². The van der Waals surface area contributed by atoms with E-state index in [0.29, 0.717) is 5.69 Å². The molecule has 134 valence electrons. The van der Waals surface area contributed by atoms with Gasteiger partial charge < -0.3 is 5.11 Å². The second kappa shape index (κ2) is 6.44. The SMILES string of the molecule is CC1=Nc2ccccc2/C1=C\c1c(O)n(-c2ccc(F)cc2)c(=S)[nH]c1=O. The van der Waals surface area contributed by atoms with E-state index in [0.717, 1.165) is 22.5 Å². The van der Waals surface area contributed by atoms with Gasteiger partial charge in [-0.05, 0) is 55.5 Å². The highest BCUT2D eigenvalue weighted by Crippen LogP contribution is 2.36. The zero-order valence-electron chi connectivity index (χ0n) is 14.2. The summed E-state index contributed by atoms with van der Waals surface area (Å²) in [5.74, 6) is -0.731. The fourth-order valence-corrected chi connectivity index (χ4v) is 3.34. The summed E-state index contributed by atoms with van der Waals surface area (Å²) in [6.07, 6.45) is 1.59. The third kappa shape index (κ3) is 2.92. The highest BCUT2D eigenvalue weighted by atomic mass is 32.1. The summed E-state index contributed by atoms with van der Waals surface area (Å²) in [4.78, 5) is 19.5. The van der Waals surface area contributed by atoms with Crippen LogP contribution in [-0.2, 0) is 0 Å². The van der Waals surface area contributed by atoms with Gasteiger partial charge in [0.25, 0.3) is 5.56 Å². The van der Waals surface area contributed by atoms with E-state index in [4.69, 9.17) is 12.2 Å². The maximum Gasteiger partial charge on any atom is 0.262 e. The molecule has 5 nitrogen and oxygen atoms in total. The molecule has 0 saturated heterocycles. The Morgan fingerprint density at radius 2 is 1.89 bits per heavy atom. The van der Waals surface area contributed by atoms with E-state index in [1.807, 2.05) is 31.2 Å². The van der Waals surface area contributed by atoms with Gasteiger partial charge in [-0.2, -0.15) is 0 Å². The molecule has 27 heavy (non-hydrogen) atoms. The molecule has 0 amide bonds. The number of aromatic hydroxyl groups is 1. The van der Waals surface area contributed by atoms with Crippen molar-refractivity contribution in [1.29, 1.82) is 0 Å². The van der Waals surface area contributed by atoms with Crippen LogP contribution in [0.4, 0.5) is 10.1 Å². The Balaban J connectivity index is 1.94. The van der Waals surface area contributed by atoms with E-state index in [2.05, 4.69) is 9.98 Å². The number of rotatable bonds is 2. The van der Waals surface area contributed by atoms with Crippen molar-refractivity contribution in [1.82, 2.24) is 9.55 Å². The molecular formula is C20H14FN3O2S. The lowest BCUT2D eigenvalue weighted by Crippen LogP contribution is -2.16. The topological polar surface area (TPSA) is 70.4 Å². The lowest BCUT2D eigenvalue weighted by molar-refractivity contribution is 0.432. The highest BCUT2D eigenvalue weighted by molar-refractivity contribution is 7.71.